The van der Waals surface area contributed by atoms with Crippen LogP contribution in [0.3, 0.4) is 0 Å². The molecule has 4 nitrogen and oxygen atoms in total. The highest BCUT2D eigenvalue weighted by molar-refractivity contribution is 5.95. The number of carbonyl (C=O) groups is 1. The molecule has 0 saturated heterocycles. The van der Waals surface area contributed by atoms with Crippen molar-refractivity contribution in [3.05, 3.63) is 48.5 Å². The maximum atomic E-state index is 11.6. The Bertz CT molecular complexity index is 595. The van der Waals surface area contributed by atoms with E-state index in [0.29, 0.717) is 17.1 Å². The standard InChI is InChI=1S/C16H18N2O2/c1-11(2)16(19)18-15-9-8-13(10-14(15)17)20-12-6-4-3-5-7-12/h3-11H,17H2,1-2H3,(H,18,19). The first-order valence-corrected chi connectivity index (χ1v) is 6.49. The topological polar surface area (TPSA) is 64.3 Å². The van der Waals surface area contributed by atoms with E-state index in [2.05, 4.69) is 5.32 Å². The fourth-order valence-corrected chi connectivity index (χ4v) is 1.62. The van der Waals surface area contributed by atoms with E-state index in [1.165, 1.54) is 0 Å². The predicted molar refractivity (Wildman–Crippen MR) is 80.8 cm³/mol. The molecular formula is C16H18N2O2. The lowest BCUT2D eigenvalue weighted by Crippen LogP contribution is -2.18. The molecule has 0 aliphatic rings. The number of nitrogens with two attached hydrogens (primary N) is 1. The molecule has 0 aliphatic carbocycles. The van der Waals surface area contributed by atoms with Crippen LogP contribution < -0.4 is 15.8 Å². The predicted octanol–water partition coefficient (Wildman–Crippen LogP) is 3.66. The Morgan fingerprint density at radius 3 is 2.40 bits per heavy atom. The number of carbonyl (C=O) groups excluding carboxylic acids is 1. The molecule has 0 aromatic heterocycles. The molecule has 2 rings (SSSR count). The van der Waals surface area contributed by atoms with Crippen molar-refractivity contribution in [3.63, 3.8) is 0 Å². The number of hydrogen-bond acceptors (Lipinski definition) is 3. The van der Waals surface area contributed by atoms with Gasteiger partial charge in [0.1, 0.15) is 11.5 Å². The summed E-state index contributed by atoms with van der Waals surface area (Å²) in [5.41, 5.74) is 7.01. The third-order valence-electron chi connectivity index (χ3n) is 2.78. The first-order valence-electron chi connectivity index (χ1n) is 6.49. The Morgan fingerprint density at radius 2 is 1.80 bits per heavy atom. The molecule has 0 radical (unpaired) electrons. The lowest BCUT2D eigenvalue weighted by molar-refractivity contribution is -0.118. The van der Waals surface area contributed by atoms with Crippen molar-refractivity contribution in [1.82, 2.24) is 0 Å². The second-order valence-electron chi connectivity index (χ2n) is 4.81. The van der Waals surface area contributed by atoms with E-state index in [9.17, 15) is 4.79 Å². The molecule has 0 heterocycles. The monoisotopic (exact) mass is 270 g/mol. The SMILES string of the molecule is CC(C)C(=O)Nc1ccc(Oc2ccccc2)cc1N. The number of benzene rings is 2. The van der Waals surface area contributed by atoms with Crippen molar-refractivity contribution >= 4 is 17.3 Å². The van der Waals surface area contributed by atoms with Crippen LogP contribution in [0.15, 0.2) is 48.5 Å². The molecule has 4 heteroatoms. The van der Waals surface area contributed by atoms with Crippen molar-refractivity contribution in [3.8, 4) is 11.5 Å². The Hall–Kier alpha value is -2.49. The normalized spacial score (nSPS) is 10.3. The third-order valence-corrected chi connectivity index (χ3v) is 2.78. The quantitative estimate of drug-likeness (QED) is 0.833. The van der Waals surface area contributed by atoms with Gasteiger partial charge in [0.05, 0.1) is 11.4 Å². The van der Waals surface area contributed by atoms with Crippen LogP contribution in [0.5, 0.6) is 11.5 Å². The van der Waals surface area contributed by atoms with Gasteiger partial charge in [-0.3, -0.25) is 4.79 Å². The average molecular weight is 270 g/mol. The number of hydrogen-bond donors (Lipinski definition) is 2. The number of rotatable bonds is 4. The van der Waals surface area contributed by atoms with Crippen LogP contribution in [0.1, 0.15) is 13.8 Å². The summed E-state index contributed by atoms with van der Waals surface area (Å²) in [5.74, 6) is 1.23. The molecule has 0 saturated carbocycles. The van der Waals surface area contributed by atoms with Crippen LogP contribution in [0, 0.1) is 5.92 Å². The highest BCUT2D eigenvalue weighted by atomic mass is 16.5. The highest BCUT2D eigenvalue weighted by Gasteiger charge is 2.09. The summed E-state index contributed by atoms with van der Waals surface area (Å²) < 4.78 is 5.67. The van der Waals surface area contributed by atoms with Crippen LogP contribution in [0.25, 0.3) is 0 Å². The molecule has 0 spiro atoms. The van der Waals surface area contributed by atoms with Crippen LogP contribution in [0.2, 0.25) is 0 Å². The number of nitrogens with one attached hydrogen (secondary N) is 1. The van der Waals surface area contributed by atoms with Crippen molar-refractivity contribution in [2.24, 2.45) is 5.92 Å². The third kappa shape index (κ3) is 3.51. The Morgan fingerprint density at radius 1 is 1.10 bits per heavy atom. The summed E-state index contributed by atoms with van der Waals surface area (Å²) in [6.07, 6.45) is 0. The van der Waals surface area contributed by atoms with E-state index in [4.69, 9.17) is 10.5 Å². The molecule has 2 aromatic carbocycles. The lowest BCUT2D eigenvalue weighted by Gasteiger charge is -2.12. The number of ether oxygens (including phenoxy) is 1. The summed E-state index contributed by atoms with van der Waals surface area (Å²) in [4.78, 5) is 11.6. The van der Waals surface area contributed by atoms with Gasteiger partial charge in [0.2, 0.25) is 5.91 Å². The zero-order valence-electron chi connectivity index (χ0n) is 11.6. The van der Waals surface area contributed by atoms with Gasteiger partial charge in [0, 0.05) is 12.0 Å². The molecule has 0 aliphatic heterocycles. The van der Waals surface area contributed by atoms with Gasteiger partial charge in [0.15, 0.2) is 0 Å². The molecule has 0 bridgehead atoms. The minimum absolute atomic E-state index is 0.0616. The van der Waals surface area contributed by atoms with Crippen LogP contribution in [-0.4, -0.2) is 5.91 Å². The van der Waals surface area contributed by atoms with E-state index in [1.54, 1.807) is 18.2 Å². The van der Waals surface area contributed by atoms with Gasteiger partial charge in [0.25, 0.3) is 0 Å². The van der Waals surface area contributed by atoms with Gasteiger partial charge in [-0.1, -0.05) is 32.0 Å². The minimum atomic E-state index is -0.0883. The van der Waals surface area contributed by atoms with E-state index in [0.717, 1.165) is 5.75 Å². The summed E-state index contributed by atoms with van der Waals surface area (Å²) in [6.45, 7) is 3.66. The first-order chi connectivity index (χ1) is 9.56. The van der Waals surface area contributed by atoms with Gasteiger partial charge in [-0.2, -0.15) is 0 Å². The van der Waals surface area contributed by atoms with E-state index in [1.807, 2.05) is 44.2 Å². The Labute approximate surface area is 118 Å². The number of amides is 1. The van der Waals surface area contributed by atoms with Gasteiger partial charge >= 0.3 is 0 Å². The van der Waals surface area contributed by atoms with Crippen molar-refractivity contribution in [2.75, 3.05) is 11.1 Å². The zero-order valence-corrected chi connectivity index (χ0v) is 11.6. The molecule has 0 unspecified atom stereocenters. The van der Waals surface area contributed by atoms with Crippen molar-refractivity contribution in [2.45, 2.75) is 13.8 Å². The molecule has 3 N–H and O–H groups in total. The second kappa shape index (κ2) is 6.10. The molecule has 2 aromatic rings. The number of anilines is 2. The highest BCUT2D eigenvalue weighted by Crippen LogP contribution is 2.28. The molecular weight excluding hydrogens is 252 g/mol. The fourth-order valence-electron chi connectivity index (χ4n) is 1.62. The first kappa shape index (κ1) is 13.9. The van der Waals surface area contributed by atoms with Crippen LogP contribution in [-0.2, 0) is 4.79 Å². The van der Waals surface area contributed by atoms with Crippen LogP contribution in [0.4, 0.5) is 11.4 Å². The van der Waals surface area contributed by atoms with Gasteiger partial charge in [-0.05, 0) is 24.3 Å². The Balaban J connectivity index is 2.12. The van der Waals surface area contributed by atoms with Crippen LogP contribution >= 0.6 is 0 Å². The van der Waals surface area contributed by atoms with E-state index >= 15 is 0 Å². The van der Waals surface area contributed by atoms with Gasteiger partial charge in [-0.25, -0.2) is 0 Å². The number of nitrogen functional groups attached to an aromatic ring is 1. The molecule has 1 amide bonds. The summed E-state index contributed by atoms with van der Waals surface area (Å²) in [5, 5.41) is 2.78. The van der Waals surface area contributed by atoms with Crippen molar-refractivity contribution in [1.29, 1.82) is 0 Å². The molecule has 0 atom stereocenters. The van der Waals surface area contributed by atoms with E-state index < -0.39 is 0 Å². The molecule has 0 fully saturated rings. The fraction of sp³-hybridized carbons (Fsp3) is 0.188. The van der Waals surface area contributed by atoms with Gasteiger partial charge in [-0.15, -0.1) is 0 Å². The van der Waals surface area contributed by atoms with E-state index in [-0.39, 0.29) is 11.8 Å². The average Bonchev–Trinajstić information content (AvgIpc) is 2.42. The summed E-state index contributed by atoms with van der Waals surface area (Å²) >= 11 is 0. The lowest BCUT2D eigenvalue weighted by atomic mass is 10.2. The maximum absolute atomic E-state index is 11.6. The van der Waals surface area contributed by atoms with Crippen molar-refractivity contribution < 1.29 is 9.53 Å². The largest absolute Gasteiger partial charge is 0.457 e. The Kier molecular flexibility index (Phi) is 4.25. The van der Waals surface area contributed by atoms with Gasteiger partial charge < -0.3 is 15.8 Å². The smallest absolute Gasteiger partial charge is 0.226 e. The number of para-hydroxylation sites is 1. The summed E-state index contributed by atoms with van der Waals surface area (Å²) in [7, 11) is 0. The molecule has 20 heavy (non-hydrogen) atoms. The zero-order chi connectivity index (χ0) is 14.5. The summed E-state index contributed by atoms with van der Waals surface area (Å²) in [6, 6.07) is 14.7. The molecule has 104 valence electrons. The minimum Gasteiger partial charge on any atom is -0.457 e. The maximum Gasteiger partial charge on any atom is 0.226 e. The second-order valence-corrected chi connectivity index (χ2v) is 4.81.